The highest BCUT2D eigenvalue weighted by Gasteiger charge is 2.12. The van der Waals surface area contributed by atoms with E-state index in [4.69, 9.17) is 16.7 Å². The summed E-state index contributed by atoms with van der Waals surface area (Å²) in [5.41, 5.74) is 1.93. The summed E-state index contributed by atoms with van der Waals surface area (Å²) in [7, 11) is 0. The van der Waals surface area contributed by atoms with Gasteiger partial charge in [-0.2, -0.15) is 5.26 Å². The Balaban J connectivity index is 1.86. The number of carbonyl (C=O) groups is 2. The number of carbonyl (C=O) groups excluding carboxylic acids is 1. The first-order valence-electron chi connectivity index (χ1n) is 8.18. The van der Waals surface area contributed by atoms with Gasteiger partial charge in [0.15, 0.2) is 0 Å². The molecule has 0 aliphatic rings. The van der Waals surface area contributed by atoms with Crippen LogP contribution in [0.25, 0.3) is 11.8 Å². The van der Waals surface area contributed by atoms with Crippen molar-refractivity contribution in [2.45, 2.75) is 0 Å². The Morgan fingerprint density at radius 2 is 1.75 bits per heavy atom. The Morgan fingerprint density at radius 3 is 2.36 bits per heavy atom. The second kappa shape index (κ2) is 8.25. The van der Waals surface area contributed by atoms with E-state index >= 15 is 0 Å². The lowest BCUT2D eigenvalue weighted by Gasteiger charge is -2.08. The maximum Gasteiger partial charge on any atom is 0.335 e. The van der Waals surface area contributed by atoms with Crippen molar-refractivity contribution in [3.63, 3.8) is 0 Å². The number of aromatic nitrogens is 1. The van der Waals surface area contributed by atoms with Crippen LogP contribution in [0.3, 0.4) is 0 Å². The zero-order chi connectivity index (χ0) is 20.1. The van der Waals surface area contributed by atoms with E-state index in [0.717, 1.165) is 0 Å². The number of carboxylic acid groups (broad SMARTS) is 1. The largest absolute Gasteiger partial charge is 0.478 e. The van der Waals surface area contributed by atoms with Crippen molar-refractivity contribution < 1.29 is 14.7 Å². The Kier molecular flexibility index (Phi) is 5.58. The van der Waals surface area contributed by atoms with Gasteiger partial charge in [0.1, 0.15) is 11.6 Å². The number of anilines is 1. The van der Waals surface area contributed by atoms with Gasteiger partial charge in [-0.15, -0.1) is 0 Å². The van der Waals surface area contributed by atoms with Crippen molar-refractivity contribution in [3.05, 3.63) is 88.7 Å². The molecule has 0 unspecified atom stereocenters. The fourth-order valence-electron chi connectivity index (χ4n) is 2.54. The van der Waals surface area contributed by atoms with Crippen LogP contribution in [0.1, 0.15) is 16.1 Å². The summed E-state index contributed by atoms with van der Waals surface area (Å²) >= 11 is 5.82. The van der Waals surface area contributed by atoms with Crippen molar-refractivity contribution in [2.75, 3.05) is 5.32 Å². The summed E-state index contributed by atoms with van der Waals surface area (Å²) in [5, 5.41) is 21.6. The number of carboxylic acids is 1. The maximum atomic E-state index is 12.4. The summed E-state index contributed by atoms with van der Waals surface area (Å²) in [6.45, 7) is 0. The van der Waals surface area contributed by atoms with Gasteiger partial charge in [0.05, 0.1) is 5.56 Å². The molecule has 1 aromatic heterocycles. The molecule has 0 radical (unpaired) electrons. The Labute approximate surface area is 165 Å². The van der Waals surface area contributed by atoms with Crippen LogP contribution in [-0.2, 0) is 4.79 Å². The highest BCUT2D eigenvalue weighted by molar-refractivity contribution is 6.30. The van der Waals surface area contributed by atoms with Gasteiger partial charge in [-0.25, -0.2) is 4.79 Å². The third kappa shape index (κ3) is 4.29. The first kappa shape index (κ1) is 19.0. The number of hydrogen-bond acceptors (Lipinski definition) is 3. The van der Waals surface area contributed by atoms with Crippen LogP contribution in [0.4, 0.5) is 5.69 Å². The second-order valence-electron chi connectivity index (χ2n) is 5.79. The molecule has 2 aromatic carbocycles. The van der Waals surface area contributed by atoms with E-state index in [2.05, 4.69) is 5.32 Å². The minimum atomic E-state index is -1.01. The fourth-order valence-corrected chi connectivity index (χ4v) is 2.67. The molecule has 0 aliphatic heterocycles. The minimum absolute atomic E-state index is 0.0722. The number of nitrogens with one attached hydrogen (secondary N) is 1. The zero-order valence-electron chi connectivity index (χ0n) is 14.5. The van der Waals surface area contributed by atoms with Gasteiger partial charge in [-0.3, -0.25) is 4.79 Å². The quantitative estimate of drug-likeness (QED) is 0.498. The van der Waals surface area contributed by atoms with E-state index in [-0.39, 0.29) is 11.1 Å². The highest BCUT2D eigenvalue weighted by Crippen LogP contribution is 2.18. The third-order valence-corrected chi connectivity index (χ3v) is 4.18. The second-order valence-corrected chi connectivity index (χ2v) is 6.22. The molecule has 1 amide bonds. The summed E-state index contributed by atoms with van der Waals surface area (Å²) < 4.78 is 1.75. The van der Waals surface area contributed by atoms with Crippen molar-refractivity contribution in [1.82, 2.24) is 4.57 Å². The summed E-state index contributed by atoms with van der Waals surface area (Å²) in [5.74, 6) is -1.55. The molecular weight excluding hydrogens is 378 g/mol. The van der Waals surface area contributed by atoms with Crippen LogP contribution < -0.4 is 5.32 Å². The van der Waals surface area contributed by atoms with Crippen LogP contribution in [0.15, 0.2) is 72.4 Å². The van der Waals surface area contributed by atoms with Gasteiger partial charge in [0.2, 0.25) is 0 Å². The molecule has 3 aromatic rings. The van der Waals surface area contributed by atoms with Gasteiger partial charge in [0, 0.05) is 28.3 Å². The maximum absolute atomic E-state index is 12.4. The molecule has 2 N–H and O–H groups in total. The molecule has 0 saturated heterocycles. The van der Waals surface area contributed by atoms with Crippen LogP contribution in [-0.4, -0.2) is 21.6 Å². The fraction of sp³-hybridized carbons (Fsp3) is 0. The van der Waals surface area contributed by atoms with Gasteiger partial charge in [-0.1, -0.05) is 11.6 Å². The Morgan fingerprint density at radius 1 is 1.07 bits per heavy atom. The van der Waals surface area contributed by atoms with E-state index in [9.17, 15) is 14.9 Å². The average Bonchev–Trinajstić information content (AvgIpc) is 3.16. The minimum Gasteiger partial charge on any atom is -0.478 e. The first-order chi connectivity index (χ1) is 13.5. The van der Waals surface area contributed by atoms with Crippen LogP contribution in [0.5, 0.6) is 0 Å². The van der Waals surface area contributed by atoms with Gasteiger partial charge in [0.25, 0.3) is 5.91 Å². The predicted octanol–water partition coefficient (Wildman–Crippen LogP) is 4.37. The molecule has 6 nitrogen and oxygen atoms in total. The number of nitrogens with zero attached hydrogens (tertiary/aromatic N) is 2. The monoisotopic (exact) mass is 391 g/mol. The van der Waals surface area contributed by atoms with E-state index in [1.165, 1.54) is 18.2 Å². The molecule has 3 rings (SSSR count). The van der Waals surface area contributed by atoms with Gasteiger partial charge in [-0.05, 0) is 66.7 Å². The molecule has 0 spiro atoms. The number of rotatable bonds is 5. The van der Waals surface area contributed by atoms with E-state index in [1.54, 1.807) is 59.3 Å². The zero-order valence-corrected chi connectivity index (χ0v) is 15.2. The molecule has 1 heterocycles. The van der Waals surface area contributed by atoms with Crippen molar-refractivity contribution in [3.8, 4) is 11.8 Å². The standard InChI is InChI=1S/C21H14ClN3O3/c22-16-5-7-17(8-6-16)24-20(26)15(13-23)12-19-2-1-11-25(19)18-9-3-14(4-10-18)21(27)28/h1-12H,(H,24,26)(H,27,28)/b15-12-. The number of amides is 1. The highest BCUT2D eigenvalue weighted by atomic mass is 35.5. The number of nitriles is 1. The molecule has 138 valence electrons. The van der Waals surface area contributed by atoms with Gasteiger partial charge < -0.3 is 15.0 Å². The number of benzene rings is 2. The van der Waals surface area contributed by atoms with Crippen molar-refractivity contribution in [1.29, 1.82) is 5.26 Å². The lowest BCUT2D eigenvalue weighted by atomic mass is 10.2. The Bertz CT molecular complexity index is 1090. The van der Waals surface area contributed by atoms with E-state index in [1.807, 2.05) is 6.07 Å². The molecule has 0 aliphatic carbocycles. The number of aromatic carboxylic acids is 1. The van der Waals surface area contributed by atoms with E-state index < -0.39 is 11.9 Å². The summed E-state index contributed by atoms with van der Waals surface area (Å²) in [4.78, 5) is 23.4. The van der Waals surface area contributed by atoms with Crippen molar-refractivity contribution >= 4 is 35.2 Å². The molecule has 7 heteroatoms. The first-order valence-corrected chi connectivity index (χ1v) is 8.55. The smallest absolute Gasteiger partial charge is 0.335 e. The lowest BCUT2D eigenvalue weighted by Crippen LogP contribution is -2.13. The topological polar surface area (TPSA) is 95.1 Å². The Hall–Kier alpha value is -3.82. The number of halogens is 1. The SMILES string of the molecule is N#C/C(=C/c1cccn1-c1ccc(C(=O)O)cc1)C(=O)Nc1ccc(Cl)cc1. The predicted molar refractivity (Wildman–Crippen MR) is 106 cm³/mol. The average molecular weight is 392 g/mol. The van der Waals surface area contributed by atoms with Crippen LogP contribution in [0.2, 0.25) is 5.02 Å². The molecule has 0 fully saturated rings. The van der Waals surface area contributed by atoms with Crippen LogP contribution >= 0.6 is 11.6 Å². The molecule has 0 saturated carbocycles. The molecular formula is C21H14ClN3O3. The van der Waals surface area contributed by atoms with Crippen molar-refractivity contribution in [2.24, 2.45) is 0 Å². The normalized spacial score (nSPS) is 10.9. The molecule has 0 bridgehead atoms. The van der Waals surface area contributed by atoms with Crippen LogP contribution in [0, 0.1) is 11.3 Å². The molecule has 28 heavy (non-hydrogen) atoms. The van der Waals surface area contributed by atoms with Gasteiger partial charge >= 0.3 is 5.97 Å². The summed E-state index contributed by atoms with van der Waals surface area (Å²) in [6, 6.07) is 18.3. The lowest BCUT2D eigenvalue weighted by molar-refractivity contribution is -0.112. The van der Waals surface area contributed by atoms with E-state index in [0.29, 0.717) is 22.1 Å². The number of hydrogen-bond donors (Lipinski definition) is 2. The molecule has 0 atom stereocenters. The summed E-state index contributed by atoms with van der Waals surface area (Å²) in [6.07, 6.45) is 3.23. The third-order valence-electron chi connectivity index (χ3n) is 3.93.